The van der Waals surface area contributed by atoms with Crippen LogP contribution in [-0.4, -0.2) is 11.2 Å². The van der Waals surface area contributed by atoms with E-state index >= 15 is 0 Å². The Kier molecular flexibility index (Phi) is 4.27. The summed E-state index contributed by atoms with van der Waals surface area (Å²) in [7, 11) is 0. The van der Waals surface area contributed by atoms with Crippen LogP contribution in [0.3, 0.4) is 0 Å². The molecule has 0 aliphatic heterocycles. The molecule has 0 aromatic heterocycles. The van der Waals surface area contributed by atoms with Gasteiger partial charge in [0.15, 0.2) is 11.6 Å². The molecule has 1 unspecified atom stereocenters. The van der Waals surface area contributed by atoms with E-state index in [2.05, 4.69) is 0 Å². The Labute approximate surface area is 111 Å². The maximum absolute atomic E-state index is 13.1. The van der Waals surface area contributed by atoms with Crippen LogP contribution in [0.5, 0.6) is 0 Å². The lowest BCUT2D eigenvalue weighted by Gasteiger charge is -2.12. The molecular formula is C16H16F2O. The fraction of sp³-hybridized carbons (Fsp3) is 0.250. The van der Waals surface area contributed by atoms with E-state index in [1.807, 2.05) is 31.2 Å². The van der Waals surface area contributed by atoms with Gasteiger partial charge in [-0.2, -0.15) is 0 Å². The molecule has 0 amide bonds. The summed E-state index contributed by atoms with van der Waals surface area (Å²) >= 11 is 0. The molecule has 0 aliphatic carbocycles. The summed E-state index contributed by atoms with van der Waals surface area (Å²) in [5.74, 6) is -1.74. The molecule has 0 fully saturated rings. The SMILES string of the molecule is Cc1ccccc1CC(O)Cc1ccc(F)c(F)c1. The van der Waals surface area contributed by atoms with Crippen LogP contribution in [0.15, 0.2) is 42.5 Å². The van der Waals surface area contributed by atoms with Gasteiger partial charge in [-0.3, -0.25) is 0 Å². The van der Waals surface area contributed by atoms with Gasteiger partial charge in [0, 0.05) is 0 Å². The van der Waals surface area contributed by atoms with Crippen molar-refractivity contribution in [1.82, 2.24) is 0 Å². The average Bonchev–Trinajstić information content (AvgIpc) is 2.37. The van der Waals surface area contributed by atoms with Crippen LogP contribution in [0.2, 0.25) is 0 Å². The lowest BCUT2D eigenvalue weighted by Crippen LogP contribution is -2.14. The van der Waals surface area contributed by atoms with Crippen LogP contribution in [0.1, 0.15) is 16.7 Å². The number of hydrogen-bond acceptors (Lipinski definition) is 1. The van der Waals surface area contributed by atoms with Crippen LogP contribution < -0.4 is 0 Å². The minimum absolute atomic E-state index is 0.311. The molecule has 3 heteroatoms. The second kappa shape index (κ2) is 5.93. The maximum atomic E-state index is 13.1. The topological polar surface area (TPSA) is 20.2 Å². The normalized spacial score (nSPS) is 12.4. The van der Waals surface area contributed by atoms with Crippen molar-refractivity contribution in [2.24, 2.45) is 0 Å². The molecule has 0 bridgehead atoms. The lowest BCUT2D eigenvalue weighted by atomic mass is 9.98. The lowest BCUT2D eigenvalue weighted by molar-refractivity contribution is 0.175. The third-order valence-electron chi connectivity index (χ3n) is 3.17. The van der Waals surface area contributed by atoms with Gasteiger partial charge in [-0.25, -0.2) is 8.78 Å². The quantitative estimate of drug-likeness (QED) is 0.895. The highest BCUT2D eigenvalue weighted by Gasteiger charge is 2.10. The highest BCUT2D eigenvalue weighted by Crippen LogP contribution is 2.14. The molecule has 2 aromatic rings. The predicted octanol–water partition coefficient (Wildman–Crippen LogP) is 3.42. The van der Waals surface area contributed by atoms with Crippen molar-refractivity contribution in [1.29, 1.82) is 0 Å². The van der Waals surface area contributed by atoms with Gasteiger partial charge in [-0.05, 0) is 48.6 Å². The van der Waals surface area contributed by atoms with Crippen LogP contribution in [0.4, 0.5) is 8.78 Å². The Morgan fingerprint density at radius 2 is 1.74 bits per heavy atom. The van der Waals surface area contributed by atoms with Gasteiger partial charge in [-0.1, -0.05) is 30.3 Å². The first-order chi connectivity index (χ1) is 9.06. The van der Waals surface area contributed by atoms with Gasteiger partial charge in [0.25, 0.3) is 0 Å². The van der Waals surface area contributed by atoms with Crippen molar-refractivity contribution in [2.45, 2.75) is 25.9 Å². The Bertz CT molecular complexity index is 566. The standard InChI is InChI=1S/C16H16F2O/c1-11-4-2-3-5-13(11)10-14(19)8-12-6-7-15(17)16(18)9-12/h2-7,9,14,19H,8,10H2,1H3. The van der Waals surface area contributed by atoms with Crippen molar-refractivity contribution in [3.8, 4) is 0 Å². The van der Waals surface area contributed by atoms with Crippen LogP contribution in [-0.2, 0) is 12.8 Å². The molecule has 0 aliphatic rings. The monoisotopic (exact) mass is 262 g/mol. The molecule has 0 saturated heterocycles. The number of benzene rings is 2. The summed E-state index contributed by atoms with van der Waals surface area (Å²) in [6, 6.07) is 11.5. The minimum atomic E-state index is -0.874. The van der Waals surface area contributed by atoms with Crippen molar-refractivity contribution in [2.75, 3.05) is 0 Å². The summed E-state index contributed by atoms with van der Waals surface area (Å²) in [6.07, 6.45) is 0.211. The van der Waals surface area contributed by atoms with E-state index < -0.39 is 17.7 Å². The van der Waals surface area contributed by atoms with Crippen molar-refractivity contribution in [3.63, 3.8) is 0 Å². The molecule has 1 N–H and O–H groups in total. The Morgan fingerprint density at radius 1 is 1.00 bits per heavy atom. The molecular weight excluding hydrogens is 246 g/mol. The Morgan fingerprint density at radius 3 is 2.42 bits per heavy atom. The number of aliphatic hydroxyl groups excluding tert-OH is 1. The summed E-state index contributed by atoms with van der Waals surface area (Å²) in [5, 5.41) is 10.0. The summed E-state index contributed by atoms with van der Waals surface area (Å²) < 4.78 is 25.9. The van der Waals surface area contributed by atoms with Gasteiger partial charge in [0.05, 0.1) is 6.10 Å². The van der Waals surface area contributed by atoms with E-state index in [0.29, 0.717) is 18.4 Å². The van der Waals surface area contributed by atoms with Gasteiger partial charge in [-0.15, -0.1) is 0 Å². The zero-order valence-electron chi connectivity index (χ0n) is 10.7. The van der Waals surface area contributed by atoms with Gasteiger partial charge in [0.2, 0.25) is 0 Å². The first-order valence-electron chi connectivity index (χ1n) is 6.23. The largest absolute Gasteiger partial charge is 0.392 e. The van der Waals surface area contributed by atoms with E-state index in [-0.39, 0.29) is 0 Å². The zero-order chi connectivity index (χ0) is 13.8. The van der Waals surface area contributed by atoms with E-state index in [9.17, 15) is 13.9 Å². The number of hydrogen-bond donors (Lipinski definition) is 1. The van der Waals surface area contributed by atoms with Gasteiger partial charge in [0.1, 0.15) is 0 Å². The van der Waals surface area contributed by atoms with Gasteiger partial charge < -0.3 is 5.11 Å². The van der Waals surface area contributed by atoms with E-state index in [1.54, 1.807) is 0 Å². The van der Waals surface area contributed by atoms with Crippen molar-refractivity contribution >= 4 is 0 Å². The summed E-state index contributed by atoms with van der Waals surface area (Å²) in [6.45, 7) is 1.99. The second-order valence-corrected chi connectivity index (χ2v) is 4.74. The molecule has 0 saturated carbocycles. The molecule has 100 valence electrons. The smallest absolute Gasteiger partial charge is 0.159 e. The molecule has 19 heavy (non-hydrogen) atoms. The second-order valence-electron chi connectivity index (χ2n) is 4.74. The Hall–Kier alpha value is -1.74. The molecule has 0 spiro atoms. The Balaban J connectivity index is 2.03. The van der Waals surface area contributed by atoms with Crippen LogP contribution >= 0.6 is 0 Å². The van der Waals surface area contributed by atoms with E-state index in [4.69, 9.17) is 0 Å². The molecule has 1 atom stereocenters. The van der Waals surface area contributed by atoms with Crippen LogP contribution in [0.25, 0.3) is 0 Å². The molecule has 0 heterocycles. The molecule has 2 rings (SSSR count). The maximum Gasteiger partial charge on any atom is 0.159 e. The van der Waals surface area contributed by atoms with E-state index in [1.165, 1.54) is 6.07 Å². The van der Waals surface area contributed by atoms with Gasteiger partial charge >= 0.3 is 0 Å². The highest BCUT2D eigenvalue weighted by atomic mass is 19.2. The minimum Gasteiger partial charge on any atom is -0.392 e. The molecule has 2 aromatic carbocycles. The highest BCUT2D eigenvalue weighted by molar-refractivity contribution is 5.27. The average molecular weight is 262 g/mol. The van der Waals surface area contributed by atoms with Crippen molar-refractivity contribution in [3.05, 3.63) is 70.8 Å². The molecule has 1 nitrogen and oxygen atoms in total. The van der Waals surface area contributed by atoms with Crippen molar-refractivity contribution < 1.29 is 13.9 Å². The first-order valence-corrected chi connectivity index (χ1v) is 6.23. The van der Waals surface area contributed by atoms with E-state index in [0.717, 1.165) is 23.3 Å². The zero-order valence-corrected chi connectivity index (χ0v) is 10.7. The third kappa shape index (κ3) is 3.61. The first kappa shape index (κ1) is 13.7. The summed E-state index contributed by atoms with van der Waals surface area (Å²) in [5.41, 5.74) is 2.78. The number of aryl methyl sites for hydroxylation is 1. The predicted molar refractivity (Wildman–Crippen MR) is 71.0 cm³/mol. The summed E-state index contributed by atoms with van der Waals surface area (Å²) in [4.78, 5) is 0. The number of halogens is 2. The third-order valence-corrected chi connectivity index (χ3v) is 3.17. The fourth-order valence-corrected chi connectivity index (χ4v) is 2.10. The van der Waals surface area contributed by atoms with Crippen LogP contribution in [0, 0.1) is 18.6 Å². The number of aliphatic hydroxyl groups is 1. The fourth-order valence-electron chi connectivity index (χ4n) is 2.10. The molecule has 0 radical (unpaired) electrons. The number of rotatable bonds is 4.